The SMILES string of the molecule is O=C(Cn1cnc(NC(=O)c2ccc(I)c(F)c2)n1)NCc1ccccc1. The Labute approximate surface area is 168 Å². The molecule has 0 fully saturated rings. The van der Waals surface area contributed by atoms with E-state index in [1.54, 1.807) is 0 Å². The molecule has 138 valence electrons. The largest absolute Gasteiger partial charge is 0.350 e. The molecule has 7 nitrogen and oxygen atoms in total. The third-order valence-electron chi connectivity index (χ3n) is 3.58. The molecule has 3 rings (SSSR count). The van der Waals surface area contributed by atoms with E-state index in [4.69, 9.17) is 0 Å². The molecular formula is C18H15FIN5O2. The summed E-state index contributed by atoms with van der Waals surface area (Å²) in [6.07, 6.45) is 1.34. The van der Waals surface area contributed by atoms with Gasteiger partial charge >= 0.3 is 0 Å². The molecule has 0 unspecified atom stereocenters. The summed E-state index contributed by atoms with van der Waals surface area (Å²) in [5.74, 6) is -1.20. The number of amides is 2. The molecule has 0 radical (unpaired) electrons. The maximum atomic E-state index is 13.6. The summed E-state index contributed by atoms with van der Waals surface area (Å²) >= 11 is 1.84. The van der Waals surface area contributed by atoms with Crippen molar-refractivity contribution in [1.82, 2.24) is 20.1 Å². The molecule has 2 aromatic carbocycles. The standard InChI is InChI=1S/C18H15FIN5O2/c19-14-8-13(6-7-15(14)20)17(27)23-18-22-11-25(24-18)10-16(26)21-9-12-4-2-1-3-5-12/h1-8,11H,9-10H2,(H,21,26)(H,23,24,27). The predicted octanol–water partition coefficient (Wildman–Crippen LogP) is 2.59. The van der Waals surface area contributed by atoms with E-state index in [1.807, 2.05) is 52.9 Å². The Kier molecular flexibility index (Phi) is 6.12. The highest BCUT2D eigenvalue weighted by Gasteiger charge is 2.12. The second-order valence-corrected chi connectivity index (χ2v) is 6.77. The molecule has 9 heteroatoms. The summed E-state index contributed by atoms with van der Waals surface area (Å²) < 4.78 is 15.3. The van der Waals surface area contributed by atoms with E-state index in [-0.39, 0.29) is 24.0 Å². The van der Waals surface area contributed by atoms with Crippen molar-refractivity contribution >= 4 is 40.4 Å². The van der Waals surface area contributed by atoms with Gasteiger partial charge in [0.25, 0.3) is 5.91 Å². The number of nitrogens with one attached hydrogen (secondary N) is 2. The number of hydrogen-bond donors (Lipinski definition) is 2. The quantitative estimate of drug-likeness (QED) is 0.533. The number of halogens is 2. The molecule has 0 aliphatic carbocycles. The minimum atomic E-state index is -0.531. The van der Waals surface area contributed by atoms with Gasteiger partial charge < -0.3 is 5.32 Å². The van der Waals surface area contributed by atoms with Gasteiger partial charge in [-0.15, -0.1) is 5.10 Å². The van der Waals surface area contributed by atoms with Crippen molar-refractivity contribution in [3.05, 3.63) is 75.4 Å². The van der Waals surface area contributed by atoms with Gasteiger partial charge in [-0.3, -0.25) is 14.9 Å². The van der Waals surface area contributed by atoms with Crippen molar-refractivity contribution in [1.29, 1.82) is 0 Å². The van der Waals surface area contributed by atoms with Gasteiger partial charge in [-0.05, 0) is 46.4 Å². The van der Waals surface area contributed by atoms with E-state index in [2.05, 4.69) is 20.7 Å². The minimum Gasteiger partial charge on any atom is -0.350 e. The van der Waals surface area contributed by atoms with Crippen LogP contribution in [0.3, 0.4) is 0 Å². The summed E-state index contributed by atoms with van der Waals surface area (Å²) in [7, 11) is 0. The highest BCUT2D eigenvalue weighted by Crippen LogP contribution is 2.13. The Morgan fingerprint density at radius 3 is 2.67 bits per heavy atom. The van der Waals surface area contributed by atoms with Crippen LogP contribution in [0.25, 0.3) is 0 Å². The number of hydrogen-bond acceptors (Lipinski definition) is 4. The molecule has 0 atom stereocenters. The van der Waals surface area contributed by atoms with Crippen LogP contribution >= 0.6 is 22.6 Å². The fourth-order valence-electron chi connectivity index (χ4n) is 2.24. The number of anilines is 1. The maximum absolute atomic E-state index is 13.6. The highest BCUT2D eigenvalue weighted by atomic mass is 127. The van der Waals surface area contributed by atoms with Gasteiger partial charge in [0.1, 0.15) is 18.7 Å². The van der Waals surface area contributed by atoms with E-state index in [0.29, 0.717) is 10.1 Å². The van der Waals surface area contributed by atoms with Crippen molar-refractivity contribution in [2.75, 3.05) is 5.32 Å². The average molecular weight is 479 g/mol. The lowest BCUT2D eigenvalue weighted by Crippen LogP contribution is -2.27. The first-order chi connectivity index (χ1) is 13.0. The Morgan fingerprint density at radius 2 is 1.93 bits per heavy atom. The lowest BCUT2D eigenvalue weighted by molar-refractivity contribution is -0.122. The van der Waals surface area contributed by atoms with Crippen LogP contribution in [0.15, 0.2) is 54.9 Å². The van der Waals surface area contributed by atoms with E-state index >= 15 is 0 Å². The van der Waals surface area contributed by atoms with Crippen molar-refractivity contribution in [2.24, 2.45) is 0 Å². The average Bonchev–Trinajstić information content (AvgIpc) is 3.09. The Balaban J connectivity index is 1.54. The van der Waals surface area contributed by atoms with Crippen molar-refractivity contribution in [3.63, 3.8) is 0 Å². The number of rotatable bonds is 6. The van der Waals surface area contributed by atoms with Gasteiger partial charge in [-0.25, -0.2) is 14.1 Å². The summed E-state index contributed by atoms with van der Waals surface area (Å²) in [5, 5.41) is 9.28. The lowest BCUT2D eigenvalue weighted by Gasteiger charge is -2.05. The van der Waals surface area contributed by atoms with Crippen LogP contribution in [0.4, 0.5) is 10.3 Å². The van der Waals surface area contributed by atoms with Crippen LogP contribution in [-0.4, -0.2) is 26.6 Å². The van der Waals surface area contributed by atoms with Crippen LogP contribution in [-0.2, 0) is 17.9 Å². The summed E-state index contributed by atoms with van der Waals surface area (Å²) in [6, 6.07) is 13.7. The second kappa shape index (κ2) is 8.71. The fourth-order valence-corrected chi connectivity index (χ4v) is 2.57. The van der Waals surface area contributed by atoms with Crippen molar-refractivity contribution in [3.8, 4) is 0 Å². The van der Waals surface area contributed by atoms with Crippen LogP contribution in [0.2, 0.25) is 0 Å². The summed E-state index contributed by atoms with van der Waals surface area (Å²) in [6.45, 7) is 0.379. The second-order valence-electron chi connectivity index (χ2n) is 5.61. The molecule has 2 N–H and O–H groups in total. The smallest absolute Gasteiger partial charge is 0.258 e. The predicted molar refractivity (Wildman–Crippen MR) is 105 cm³/mol. The normalized spacial score (nSPS) is 10.4. The Morgan fingerprint density at radius 1 is 1.15 bits per heavy atom. The van der Waals surface area contributed by atoms with Gasteiger partial charge in [-0.1, -0.05) is 30.3 Å². The maximum Gasteiger partial charge on any atom is 0.258 e. The monoisotopic (exact) mass is 479 g/mol. The minimum absolute atomic E-state index is 0.0339. The van der Waals surface area contributed by atoms with Crippen molar-refractivity contribution in [2.45, 2.75) is 13.1 Å². The van der Waals surface area contributed by atoms with Crippen LogP contribution in [0.5, 0.6) is 0 Å². The summed E-state index contributed by atoms with van der Waals surface area (Å²) in [5.41, 5.74) is 1.15. The molecule has 0 spiro atoms. The fraction of sp³-hybridized carbons (Fsp3) is 0.111. The first kappa shape index (κ1) is 19.0. The third-order valence-corrected chi connectivity index (χ3v) is 4.46. The molecule has 0 saturated heterocycles. The zero-order valence-corrected chi connectivity index (χ0v) is 16.2. The first-order valence-corrected chi connectivity index (χ1v) is 9.05. The molecule has 1 heterocycles. The van der Waals surface area contributed by atoms with Crippen LogP contribution in [0.1, 0.15) is 15.9 Å². The van der Waals surface area contributed by atoms with Crippen LogP contribution in [0, 0.1) is 9.39 Å². The molecule has 2 amide bonds. The molecule has 0 aliphatic heterocycles. The topological polar surface area (TPSA) is 88.9 Å². The molecule has 3 aromatic rings. The number of carbonyl (C=O) groups excluding carboxylic acids is 2. The summed E-state index contributed by atoms with van der Waals surface area (Å²) in [4.78, 5) is 28.0. The molecule has 0 saturated carbocycles. The van der Waals surface area contributed by atoms with E-state index in [1.165, 1.54) is 23.1 Å². The third kappa shape index (κ3) is 5.33. The highest BCUT2D eigenvalue weighted by molar-refractivity contribution is 14.1. The Hall–Kier alpha value is -2.82. The number of benzene rings is 2. The first-order valence-electron chi connectivity index (χ1n) is 7.98. The molecule has 1 aromatic heterocycles. The molecule has 0 bridgehead atoms. The van der Waals surface area contributed by atoms with E-state index in [0.717, 1.165) is 11.6 Å². The van der Waals surface area contributed by atoms with Crippen molar-refractivity contribution < 1.29 is 14.0 Å². The zero-order valence-electron chi connectivity index (χ0n) is 14.0. The van der Waals surface area contributed by atoms with Gasteiger partial charge in [0.05, 0.1) is 0 Å². The van der Waals surface area contributed by atoms with E-state index < -0.39 is 11.7 Å². The molecule has 27 heavy (non-hydrogen) atoms. The van der Waals surface area contributed by atoms with Gasteiger partial charge in [0, 0.05) is 15.7 Å². The number of nitrogens with zero attached hydrogens (tertiary/aromatic N) is 3. The molecule has 0 aliphatic rings. The van der Waals surface area contributed by atoms with Crippen LogP contribution < -0.4 is 10.6 Å². The van der Waals surface area contributed by atoms with Gasteiger partial charge in [0.15, 0.2) is 0 Å². The van der Waals surface area contributed by atoms with Gasteiger partial charge in [-0.2, -0.15) is 0 Å². The Bertz CT molecular complexity index is 961. The van der Waals surface area contributed by atoms with E-state index in [9.17, 15) is 14.0 Å². The molecular weight excluding hydrogens is 464 g/mol. The number of aromatic nitrogens is 3. The lowest BCUT2D eigenvalue weighted by atomic mass is 10.2. The number of carbonyl (C=O) groups is 2. The van der Waals surface area contributed by atoms with Gasteiger partial charge in [0.2, 0.25) is 11.9 Å². The zero-order chi connectivity index (χ0) is 19.2.